The first-order chi connectivity index (χ1) is 19.6. The minimum absolute atomic E-state index is 0.00179. The van der Waals surface area contributed by atoms with E-state index in [1.165, 1.54) is 27.7 Å². The molecule has 0 spiro atoms. The van der Waals surface area contributed by atoms with E-state index >= 15 is 0 Å². The molecular formula is C26H36N8O6S. The van der Waals surface area contributed by atoms with E-state index in [-0.39, 0.29) is 83.7 Å². The molecule has 0 aromatic carbocycles. The van der Waals surface area contributed by atoms with Crippen LogP contribution in [-0.2, 0) is 30.5 Å². The Hall–Kier alpha value is -3.17. The first-order valence-electron chi connectivity index (χ1n) is 14.0. The van der Waals surface area contributed by atoms with Crippen molar-refractivity contribution in [2.45, 2.75) is 63.4 Å². The molecule has 7 atom stereocenters. The number of likely N-dealkylation sites (tertiary alicyclic amines) is 1. The van der Waals surface area contributed by atoms with Crippen molar-refractivity contribution in [2.75, 3.05) is 26.2 Å². The molecule has 5 rings (SSSR count). The summed E-state index contributed by atoms with van der Waals surface area (Å²) >= 11 is 1.44. The maximum atomic E-state index is 13.2. The van der Waals surface area contributed by atoms with Crippen LogP contribution in [0.4, 0.5) is 0 Å². The van der Waals surface area contributed by atoms with Gasteiger partial charge in [0.25, 0.3) is 0 Å². The first kappa shape index (κ1) is 29.3. The Bertz CT molecular complexity index is 1250. The van der Waals surface area contributed by atoms with Crippen LogP contribution in [0.2, 0.25) is 0 Å². The Morgan fingerprint density at radius 3 is 2.73 bits per heavy atom. The summed E-state index contributed by atoms with van der Waals surface area (Å²) in [5.74, 6) is -2.32. The van der Waals surface area contributed by atoms with E-state index in [1.807, 2.05) is 13.8 Å². The Morgan fingerprint density at radius 2 is 2.05 bits per heavy atom. The molecule has 4 aliphatic heterocycles. The van der Waals surface area contributed by atoms with Crippen molar-refractivity contribution in [3.8, 4) is 0 Å². The van der Waals surface area contributed by atoms with Gasteiger partial charge in [0.05, 0.1) is 24.5 Å². The van der Waals surface area contributed by atoms with Crippen LogP contribution in [0.1, 0.15) is 39.5 Å². The maximum Gasteiger partial charge on any atom is 0.353 e. The van der Waals surface area contributed by atoms with Crippen LogP contribution >= 0.6 is 11.8 Å². The predicted octanol–water partition coefficient (Wildman–Crippen LogP) is -0.729. The van der Waals surface area contributed by atoms with Crippen LogP contribution < -0.4 is 11.1 Å². The minimum atomic E-state index is -1.15. The number of carboxylic acids is 1. The summed E-state index contributed by atoms with van der Waals surface area (Å²) in [6.45, 7) is 5.51. The second kappa shape index (κ2) is 12.0. The highest BCUT2D eigenvalue weighted by Gasteiger charge is 2.60. The van der Waals surface area contributed by atoms with E-state index in [2.05, 4.69) is 20.8 Å². The van der Waals surface area contributed by atoms with Crippen LogP contribution in [0.3, 0.4) is 0 Å². The molecule has 4 N–H and O–H groups in total. The highest BCUT2D eigenvalue weighted by Crippen LogP contribution is 2.53. The topological polar surface area (TPSA) is 194 Å². The predicted molar refractivity (Wildman–Crippen MR) is 146 cm³/mol. The smallest absolute Gasteiger partial charge is 0.353 e. The van der Waals surface area contributed by atoms with Gasteiger partial charge in [-0.25, -0.2) is 9.48 Å². The Kier molecular flexibility index (Phi) is 8.57. The number of β-lactam (4-membered cyclic amide) rings is 1. The Labute approximate surface area is 241 Å². The number of nitrogens with two attached hydrogens (primary N) is 1. The molecule has 0 aliphatic carbocycles. The number of fused-ring (bicyclic) bond motifs is 1. The second-order valence-electron chi connectivity index (χ2n) is 11.6. The van der Waals surface area contributed by atoms with Gasteiger partial charge < -0.3 is 26.0 Å². The summed E-state index contributed by atoms with van der Waals surface area (Å²) in [5.41, 5.74) is 5.45. The number of carbonyl (C=O) groups excluding carboxylic acids is 4. The molecule has 4 aliphatic rings. The first-order valence-corrected chi connectivity index (χ1v) is 14.9. The molecule has 3 fully saturated rings. The summed E-state index contributed by atoms with van der Waals surface area (Å²) in [5, 5.41) is 24.1. The van der Waals surface area contributed by atoms with Gasteiger partial charge in [0.2, 0.25) is 11.8 Å². The van der Waals surface area contributed by atoms with Crippen molar-refractivity contribution in [2.24, 2.45) is 29.4 Å². The summed E-state index contributed by atoms with van der Waals surface area (Å²) < 4.78 is 1.33. The minimum Gasteiger partial charge on any atom is -0.477 e. The number of hydrogen-bond donors (Lipinski definition) is 3. The van der Waals surface area contributed by atoms with Crippen LogP contribution in [0.5, 0.6) is 0 Å². The molecule has 0 saturated carbocycles. The standard InChI is InChI=1S/C26H36N8O6S/c1-13(5-17(36)11-33-12-29-30-31-33)20-21-14(2)23(22(26(39)40)34(21)25(20)38)41-18-7-19(28-9-18)24(37)32-4-3-15(10-32)6-16(35)8-27/h12-15,18-21,28H,3-11,27H2,1-2H3,(H,39,40)/t13-,14+,15-,18-,19-,20+,21+/m0/s1. The Morgan fingerprint density at radius 1 is 1.27 bits per heavy atom. The highest BCUT2D eigenvalue weighted by molar-refractivity contribution is 8.03. The zero-order valence-corrected chi connectivity index (χ0v) is 24.0. The summed E-state index contributed by atoms with van der Waals surface area (Å²) in [6, 6.07) is -0.698. The Balaban J connectivity index is 1.19. The van der Waals surface area contributed by atoms with Gasteiger partial charge in [-0.15, -0.1) is 16.9 Å². The quantitative estimate of drug-likeness (QED) is 0.260. The van der Waals surface area contributed by atoms with Crippen molar-refractivity contribution in [3.05, 3.63) is 16.9 Å². The number of aromatic nitrogens is 4. The zero-order valence-electron chi connectivity index (χ0n) is 23.1. The summed E-state index contributed by atoms with van der Waals surface area (Å²) in [6.07, 6.45) is 3.23. The van der Waals surface area contributed by atoms with Gasteiger partial charge >= 0.3 is 5.97 Å². The number of thioether (sulfide) groups is 1. The van der Waals surface area contributed by atoms with Gasteiger partial charge in [-0.1, -0.05) is 13.8 Å². The van der Waals surface area contributed by atoms with Crippen LogP contribution in [0.25, 0.3) is 0 Å². The van der Waals surface area contributed by atoms with Gasteiger partial charge in [-0.3, -0.25) is 19.2 Å². The lowest BCUT2D eigenvalue weighted by Gasteiger charge is -2.47. The fourth-order valence-corrected chi connectivity index (χ4v) is 8.22. The molecule has 3 saturated heterocycles. The molecule has 1 aromatic rings. The number of hydrogen-bond acceptors (Lipinski definition) is 11. The maximum absolute atomic E-state index is 13.2. The number of amides is 2. The number of aliphatic carboxylic acids is 1. The van der Waals surface area contributed by atoms with Crippen molar-refractivity contribution in [1.29, 1.82) is 0 Å². The molecule has 15 heteroatoms. The third-order valence-electron chi connectivity index (χ3n) is 8.71. The van der Waals surface area contributed by atoms with E-state index in [1.54, 1.807) is 4.90 Å². The highest BCUT2D eigenvalue weighted by atomic mass is 32.2. The fraction of sp³-hybridized carbons (Fsp3) is 0.692. The number of nitrogens with one attached hydrogen (secondary N) is 1. The number of Topliss-reactive ketones (excluding diaryl/α,β-unsaturated/α-hetero) is 2. The van der Waals surface area contributed by atoms with Crippen molar-refractivity contribution in [1.82, 2.24) is 35.3 Å². The third-order valence-corrected chi connectivity index (χ3v) is 10.2. The number of rotatable bonds is 12. The second-order valence-corrected chi connectivity index (χ2v) is 12.9. The average Bonchev–Trinajstić information content (AvgIpc) is 3.72. The lowest BCUT2D eigenvalue weighted by molar-refractivity contribution is -0.160. The van der Waals surface area contributed by atoms with E-state index in [4.69, 9.17) is 5.73 Å². The molecule has 5 heterocycles. The van der Waals surface area contributed by atoms with Crippen LogP contribution in [0, 0.1) is 23.7 Å². The van der Waals surface area contributed by atoms with Gasteiger partial charge in [0.15, 0.2) is 5.78 Å². The SMILES string of the molecule is C[C@@H](CC(=O)Cn1cnnn1)[C@H]1C(=O)N2C(C(=O)O)=C(S[C@@H]3CN[C@H](C(=O)N4CC[C@@H](CC(=O)CN)C4)C3)[C@H](C)[C@H]12. The number of tetrazole rings is 1. The number of ketones is 2. The number of carboxylic acid groups (broad SMARTS) is 1. The van der Waals surface area contributed by atoms with Gasteiger partial charge in [0.1, 0.15) is 24.4 Å². The van der Waals surface area contributed by atoms with Gasteiger partial charge in [-0.2, -0.15) is 0 Å². The molecule has 1 aromatic heterocycles. The average molecular weight is 589 g/mol. The van der Waals surface area contributed by atoms with Crippen LogP contribution in [0.15, 0.2) is 16.9 Å². The molecule has 0 bridgehead atoms. The zero-order chi connectivity index (χ0) is 29.4. The molecule has 2 amide bonds. The lowest BCUT2D eigenvalue weighted by atomic mass is 9.73. The van der Waals surface area contributed by atoms with Gasteiger partial charge in [0, 0.05) is 48.5 Å². The monoisotopic (exact) mass is 588 g/mol. The van der Waals surface area contributed by atoms with Crippen LogP contribution in [-0.4, -0.2) is 108 Å². The molecule has 222 valence electrons. The normalized spacial score (nSPS) is 30.0. The molecule has 41 heavy (non-hydrogen) atoms. The van der Waals surface area contributed by atoms with Gasteiger partial charge in [-0.05, 0) is 35.1 Å². The van der Waals surface area contributed by atoms with Crippen molar-refractivity contribution < 1.29 is 29.1 Å². The van der Waals surface area contributed by atoms with Crippen molar-refractivity contribution in [3.63, 3.8) is 0 Å². The summed E-state index contributed by atoms with van der Waals surface area (Å²) in [7, 11) is 0. The summed E-state index contributed by atoms with van der Waals surface area (Å²) in [4.78, 5) is 66.8. The third kappa shape index (κ3) is 5.79. The molecule has 0 unspecified atom stereocenters. The number of nitrogens with zero attached hydrogens (tertiary/aromatic N) is 6. The number of carbonyl (C=O) groups is 5. The van der Waals surface area contributed by atoms with Crippen molar-refractivity contribution >= 4 is 41.1 Å². The van der Waals surface area contributed by atoms with E-state index in [0.717, 1.165) is 6.42 Å². The molecular weight excluding hydrogens is 552 g/mol. The van der Waals surface area contributed by atoms with E-state index in [0.29, 0.717) is 37.4 Å². The fourth-order valence-electron chi connectivity index (χ4n) is 6.74. The lowest BCUT2D eigenvalue weighted by Crippen LogP contribution is -2.62. The van der Waals surface area contributed by atoms with E-state index < -0.39 is 11.9 Å². The van der Waals surface area contributed by atoms with E-state index in [9.17, 15) is 29.1 Å². The molecule has 14 nitrogen and oxygen atoms in total. The molecule has 0 radical (unpaired) electrons. The largest absolute Gasteiger partial charge is 0.477 e.